The molecule has 1 fully saturated rings. The first kappa shape index (κ1) is 17.9. The first-order valence-corrected chi connectivity index (χ1v) is 7.79. The third-order valence-corrected chi connectivity index (χ3v) is 4.08. The number of ether oxygens (including phenoxy) is 1. The van der Waals surface area contributed by atoms with E-state index in [1.807, 2.05) is 4.90 Å². The lowest BCUT2D eigenvalue weighted by Crippen LogP contribution is -2.44. The van der Waals surface area contributed by atoms with Crippen molar-refractivity contribution in [3.05, 3.63) is 33.9 Å². The number of nitrogens with zero attached hydrogens (tertiary/aromatic N) is 2. The highest BCUT2D eigenvalue weighted by atomic mass is 16.6. The maximum atomic E-state index is 12.6. The molecule has 0 aromatic heterocycles. The van der Waals surface area contributed by atoms with Crippen LogP contribution in [0.25, 0.3) is 0 Å². The Bertz CT molecular complexity index is 641. The molecule has 0 bridgehead atoms. The summed E-state index contributed by atoms with van der Waals surface area (Å²) in [4.78, 5) is 36.8. The van der Waals surface area contributed by atoms with Crippen LogP contribution in [-0.4, -0.2) is 47.9 Å². The molecule has 2 rings (SSSR count). The molecule has 1 aromatic rings. The van der Waals surface area contributed by atoms with Crippen LogP contribution in [0.5, 0.6) is 0 Å². The van der Waals surface area contributed by atoms with Gasteiger partial charge in [0.2, 0.25) is 5.91 Å². The van der Waals surface area contributed by atoms with Gasteiger partial charge < -0.3 is 10.1 Å². The van der Waals surface area contributed by atoms with Crippen LogP contribution < -0.4 is 5.32 Å². The number of nitro groups is 1. The molecule has 0 spiro atoms. The molecule has 1 amide bonds. The molecule has 0 aliphatic carbocycles. The summed E-state index contributed by atoms with van der Waals surface area (Å²) < 4.78 is 4.66. The van der Waals surface area contributed by atoms with Crippen molar-refractivity contribution in [1.29, 1.82) is 0 Å². The van der Waals surface area contributed by atoms with E-state index in [9.17, 15) is 19.7 Å². The highest BCUT2D eigenvalue weighted by Crippen LogP contribution is 2.26. The predicted molar refractivity (Wildman–Crippen MR) is 87.7 cm³/mol. The average Bonchev–Trinajstić information content (AvgIpc) is 3.07. The Morgan fingerprint density at radius 3 is 2.62 bits per heavy atom. The van der Waals surface area contributed by atoms with E-state index in [1.165, 1.54) is 19.2 Å². The molecule has 1 atom stereocenters. The number of aryl methyl sites for hydroxylation is 1. The second-order valence-corrected chi connectivity index (χ2v) is 5.81. The molecule has 1 aliphatic heterocycles. The number of anilines is 1. The smallest absolute Gasteiger partial charge is 0.307 e. The van der Waals surface area contributed by atoms with Crippen molar-refractivity contribution >= 4 is 23.3 Å². The van der Waals surface area contributed by atoms with Gasteiger partial charge in [0.05, 0.1) is 18.5 Å². The standard InChI is InChI=1S/C16H21N3O5/c1-11-5-6-12(13(9-11)19(22)23)17-16(21)14(10-15(20)24-2)18-7-3-4-8-18/h5-6,9,14H,3-4,7-8,10H2,1-2H3,(H,17,21)/t14-/m1/s1. The highest BCUT2D eigenvalue weighted by Gasteiger charge is 2.31. The number of hydrogen-bond donors (Lipinski definition) is 1. The van der Waals surface area contributed by atoms with Gasteiger partial charge in [0.15, 0.2) is 0 Å². The van der Waals surface area contributed by atoms with Gasteiger partial charge in [0.25, 0.3) is 5.69 Å². The van der Waals surface area contributed by atoms with Crippen LogP contribution in [-0.2, 0) is 14.3 Å². The van der Waals surface area contributed by atoms with E-state index in [0.717, 1.165) is 18.4 Å². The molecule has 0 radical (unpaired) electrons. The molecule has 8 heteroatoms. The number of carbonyl (C=O) groups is 2. The van der Waals surface area contributed by atoms with Gasteiger partial charge in [-0.1, -0.05) is 6.07 Å². The summed E-state index contributed by atoms with van der Waals surface area (Å²) in [5.74, 6) is -0.922. The largest absolute Gasteiger partial charge is 0.469 e. The van der Waals surface area contributed by atoms with Gasteiger partial charge in [0, 0.05) is 6.07 Å². The quantitative estimate of drug-likeness (QED) is 0.484. The summed E-state index contributed by atoms with van der Waals surface area (Å²) in [6.07, 6.45) is 1.83. The lowest BCUT2D eigenvalue weighted by Gasteiger charge is -2.25. The third-order valence-electron chi connectivity index (χ3n) is 4.08. The second-order valence-electron chi connectivity index (χ2n) is 5.81. The maximum absolute atomic E-state index is 12.6. The van der Waals surface area contributed by atoms with E-state index in [4.69, 9.17) is 0 Å². The number of rotatable bonds is 6. The lowest BCUT2D eigenvalue weighted by molar-refractivity contribution is -0.384. The van der Waals surface area contributed by atoms with Crippen LogP contribution in [0.2, 0.25) is 0 Å². The Morgan fingerprint density at radius 2 is 2.04 bits per heavy atom. The fourth-order valence-corrected chi connectivity index (χ4v) is 2.80. The fourth-order valence-electron chi connectivity index (χ4n) is 2.80. The first-order valence-electron chi connectivity index (χ1n) is 7.79. The zero-order valence-electron chi connectivity index (χ0n) is 13.8. The maximum Gasteiger partial charge on any atom is 0.307 e. The number of benzene rings is 1. The van der Waals surface area contributed by atoms with E-state index < -0.39 is 22.8 Å². The lowest BCUT2D eigenvalue weighted by atomic mass is 10.1. The predicted octanol–water partition coefficient (Wildman–Crippen LogP) is 1.87. The number of carbonyl (C=O) groups excluding carboxylic acids is 2. The summed E-state index contributed by atoms with van der Waals surface area (Å²) in [5, 5.41) is 13.8. The summed E-state index contributed by atoms with van der Waals surface area (Å²) in [6.45, 7) is 3.17. The molecule has 1 heterocycles. The summed E-state index contributed by atoms with van der Waals surface area (Å²) in [5.41, 5.74) is 0.691. The normalized spacial score (nSPS) is 15.8. The number of esters is 1. The zero-order chi connectivity index (χ0) is 17.7. The molecule has 1 saturated heterocycles. The summed E-state index contributed by atoms with van der Waals surface area (Å²) >= 11 is 0. The number of nitrogens with one attached hydrogen (secondary N) is 1. The van der Waals surface area contributed by atoms with Crippen molar-refractivity contribution in [3.8, 4) is 0 Å². The van der Waals surface area contributed by atoms with Gasteiger partial charge in [-0.3, -0.25) is 24.6 Å². The molecular weight excluding hydrogens is 314 g/mol. The second kappa shape index (κ2) is 7.87. The molecule has 1 aliphatic rings. The van der Waals surface area contributed by atoms with E-state index in [2.05, 4.69) is 10.1 Å². The first-order chi connectivity index (χ1) is 11.4. The molecular formula is C16H21N3O5. The Balaban J connectivity index is 2.20. The van der Waals surface area contributed by atoms with Crippen LogP contribution in [0, 0.1) is 17.0 Å². The Labute approximate surface area is 139 Å². The highest BCUT2D eigenvalue weighted by molar-refractivity contribution is 5.98. The van der Waals surface area contributed by atoms with Crippen molar-refractivity contribution in [2.75, 3.05) is 25.5 Å². The molecule has 1 N–H and O–H groups in total. The molecule has 1 aromatic carbocycles. The molecule has 0 unspecified atom stereocenters. The van der Waals surface area contributed by atoms with Gasteiger partial charge >= 0.3 is 5.97 Å². The number of likely N-dealkylation sites (tertiary alicyclic amines) is 1. The topological polar surface area (TPSA) is 102 Å². The van der Waals surface area contributed by atoms with Crippen molar-refractivity contribution in [2.24, 2.45) is 0 Å². The monoisotopic (exact) mass is 335 g/mol. The third kappa shape index (κ3) is 4.29. The van der Waals surface area contributed by atoms with Crippen molar-refractivity contribution in [2.45, 2.75) is 32.2 Å². The number of nitro benzene ring substituents is 1. The number of methoxy groups -OCH3 is 1. The minimum Gasteiger partial charge on any atom is -0.469 e. The Hall–Kier alpha value is -2.48. The zero-order valence-corrected chi connectivity index (χ0v) is 13.8. The van der Waals surface area contributed by atoms with Gasteiger partial charge in [-0.05, 0) is 44.5 Å². The van der Waals surface area contributed by atoms with Crippen LogP contribution in [0.3, 0.4) is 0 Å². The molecule has 130 valence electrons. The van der Waals surface area contributed by atoms with E-state index in [1.54, 1.807) is 13.0 Å². The molecule has 0 saturated carbocycles. The van der Waals surface area contributed by atoms with E-state index in [-0.39, 0.29) is 17.8 Å². The minimum atomic E-state index is -0.694. The molecule has 24 heavy (non-hydrogen) atoms. The van der Waals surface area contributed by atoms with Gasteiger partial charge in [-0.25, -0.2) is 0 Å². The minimum absolute atomic E-state index is 0.0814. The van der Waals surface area contributed by atoms with Gasteiger partial charge in [-0.15, -0.1) is 0 Å². The molecule has 8 nitrogen and oxygen atoms in total. The average molecular weight is 335 g/mol. The van der Waals surface area contributed by atoms with Crippen LogP contribution in [0.1, 0.15) is 24.8 Å². The Morgan fingerprint density at radius 1 is 1.38 bits per heavy atom. The Kier molecular flexibility index (Phi) is 5.86. The van der Waals surface area contributed by atoms with E-state index >= 15 is 0 Å². The van der Waals surface area contributed by atoms with Crippen LogP contribution in [0.15, 0.2) is 18.2 Å². The van der Waals surface area contributed by atoms with Gasteiger partial charge in [-0.2, -0.15) is 0 Å². The van der Waals surface area contributed by atoms with E-state index in [0.29, 0.717) is 13.1 Å². The van der Waals surface area contributed by atoms with Crippen molar-refractivity contribution in [3.63, 3.8) is 0 Å². The SMILES string of the molecule is COC(=O)C[C@H](C(=O)Nc1ccc(C)cc1[N+](=O)[O-])N1CCCC1. The van der Waals surface area contributed by atoms with Crippen molar-refractivity contribution in [1.82, 2.24) is 4.90 Å². The number of amides is 1. The summed E-state index contributed by atoms with van der Waals surface area (Å²) in [6, 6.07) is 3.90. The van der Waals surface area contributed by atoms with Crippen LogP contribution >= 0.6 is 0 Å². The fraction of sp³-hybridized carbons (Fsp3) is 0.500. The number of hydrogen-bond acceptors (Lipinski definition) is 6. The van der Waals surface area contributed by atoms with Crippen molar-refractivity contribution < 1.29 is 19.2 Å². The van der Waals surface area contributed by atoms with Crippen LogP contribution in [0.4, 0.5) is 11.4 Å². The van der Waals surface area contributed by atoms with Gasteiger partial charge in [0.1, 0.15) is 11.7 Å². The summed E-state index contributed by atoms with van der Waals surface area (Å²) in [7, 11) is 1.27.